The van der Waals surface area contributed by atoms with Crippen molar-refractivity contribution in [2.24, 2.45) is 10.8 Å². The molecule has 2 aromatic heterocycles. The van der Waals surface area contributed by atoms with Crippen LogP contribution in [0.15, 0.2) is 146 Å². The van der Waals surface area contributed by atoms with Crippen molar-refractivity contribution in [3.05, 3.63) is 174 Å². The summed E-state index contributed by atoms with van der Waals surface area (Å²) < 4.78 is 9.55. The number of aromatic nitrogens is 2. The highest BCUT2D eigenvalue weighted by atomic mass is 16.5. The second-order valence-corrected chi connectivity index (χ2v) is 21.8. The minimum atomic E-state index is -0.238. The van der Waals surface area contributed by atoms with Crippen LogP contribution in [0.5, 0.6) is 11.5 Å². The lowest BCUT2D eigenvalue weighted by Gasteiger charge is -2.60. The summed E-state index contributed by atoms with van der Waals surface area (Å²) in [5.41, 5.74) is 14.8. The van der Waals surface area contributed by atoms with E-state index in [1.807, 2.05) is 6.20 Å². The third-order valence-electron chi connectivity index (χ3n) is 15.7. The van der Waals surface area contributed by atoms with Crippen LogP contribution in [0, 0.1) is 10.8 Å². The van der Waals surface area contributed by atoms with E-state index in [0.717, 1.165) is 53.5 Å². The Hall–Kier alpha value is -6.33. The van der Waals surface area contributed by atoms with E-state index in [1.165, 1.54) is 67.5 Å². The molecule has 0 N–H and O–H groups in total. The molecule has 0 radical (unpaired) electrons. The lowest BCUT2D eigenvalue weighted by Crippen LogP contribution is -2.56. The Labute approximate surface area is 399 Å². The molecule has 1 aliphatic carbocycles. The van der Waals surface area contributed by atoms with Gasteiger partial charge in [-0.1, -0.05) is 148 Å². The number of para-hydroxylation sites is 3. The van der Waals surface area contributed by atoms with Gasteiger partial charge in [0.15, 0.2) is 0 Å². The molecule has 0 spiro atoms. The lowest BCUT2D eigenvalue weighted by atomic mass is 9.43. The summed E-state index contributed by atoms with van der Waals surface area (Å²) in [5, 5.41) is 2.37. The zero-order valence-electron chi connectivity index (χ0n) is 41.6. The van der Waals surface area contributed by atoms with E-state index in [1.54, 1.807) is 0 Å². The SMILES string of the molecule is CC(C)c1cc(C(C)C)c(-c2cc(Oc3ccc4c5ccccc5n(-c5cc(C6(c7ccccc7)C(C)(C)CCCC6(C)C)ccn5)c4c3)cc(N3CN(C)c4ccccc43)c2)c(C(C)C)c1. The Bertz CT molecular complexity index is 3090. The van der Waals surface area contributed by atoms with E-state index < -0.39 is 0 Å². The molecule has 8 aromatic rings. The summed E-state index contributed by atoms with van der Waals surface area (Å²) in [6, 6.07) is 51.9. The second-order valence-electron chi connectivity index (χ2n) is 21.8. The van der Waals surface area contributed by atoms with Gasteiger partial charge in [0.05, 0.1) is 29.1 Å². The minimum absolute atomic E-state index is 0.00115. The summed E-state index contributed by atoms with van der Waals surface area (Å²) in [5.74, 6) is 3.63. The zero-order chi connectivity index (χ0) is 47.0. The first-order valence-corrected chi connectivity index (χ1v) is 24.7. The summed E-state index contributed by atoms with van der Waals surface area (Å²) in [6.07, 6.45) is 5.58. The summed E-state index contributed by atoms with van der Waals surface area (Å²) >= 11 is 0. The molecule has 67 heavy (non-hydrogen) atoms. The van der Waals surface area contributed by atoms with Crippen molar-refractivity contribution in [2.75, 3.05) is 23.5 Å². The van der Waals surface area contributed by atoms with Gasteiger partial charge in [0.25, 0.3) is 0 Å². The van der Waals surface area contributed by atoms with Gasteiger partial charge in [-0.25, -0.2) is 4.98 Å². The molecule has 1 fully saturated rings. The van der Waals surface area contributed by atoms with Gasteiger partial charge < -0.3 is 14.5 Å². The van der Waals surface area contributed by atoms with E-state index in [9.17, 15) is 0 Å². The maximum absolute atomic E-state index is 7.19. The number of ether oxygens (including phenoxy) is 1. The van der Waals surface area contributed by atoms with E-state index in [2.05, 4.69) is 230 Å². The summed E-state index contributed by atoms with van der Waals surface area (Å²) in [7, 11) is 2.18. The van der Waals surface area contributed by atoms with Crippen LogP contribution in [-0.2, 0) is 5.41 Å². The number of hydrogen-bond donors (Lipinski definition) is 0. The van der Waals surface area contributed by atoms with E-state index in [-0.39, 0.29) is 16.2 Å². The summed E-state index contributed by atoms with van der Waals surface area (Å²) in [6.45, 7) is 24.6. The first kappa shape index (κ1) is 44.5. The fourth-order valence-corrected chi connectivity index (χ4v) is 12.7. The molecule has 0 saturated heterocycles. The van der Waals surface area contributed by atoms with Crippen molar-refractivity contribution >= 4 is 38.9 Å². The van der Waals surface area contributed by atoms with Gasteiger partial charge in [-0.2, -0.15) is 0 Å². The van der Waals surface area contributed by atoms with Crippen molar-refractivity contribution in [3.8, 4) is 28.4 Å². The van der Waals surface area contributed by atoms with E-state index in [4.69, 9.17) is 9.72 Å². The second kappa shape index (κ2) is 16.8. The standard InChI is InChI=1S/C62H68N4O/c1-40(2)43-34-52(41(3)4)59(53(35-43)42(5)6)44-32-47(65-39-64(11)55-24-17-18-25-56(55)65)37-49(33-44)67-48-26-27-51-50-22-15-16-23-54(50)66(57(51)38-48)58-36-46(28-31-63-58)62(45-20-13-12-14-21-45)60(7,8)29-19-30-61(62,9)10/h12-18,20-28,31-38,40-42H,19,29-30,39H2,1-11H3. The Morgan fingerprint density at radius 3 is 1.90 bits per heavy atom. The fourth-order valence-electron chi connectivity index (χ4n) is 12.7. The zero-order valence-corrected chi connectivity index (χ0v) is 41.6. The summed E-state index contributed by atoms with van der Waals surface area (Å²) in [4.78, 5) is 9.96. The maximum atomic E-state index is 7.19. The predicted molar refractivity (Wildman–Crippen MR) is 283 cm³/mol. The largest absolute Gasteiger partial charge is 0.457 e. The highest BCUT2D eigenvalue weighted by Gasteiger charge is 2.58. The normalized spacial score (nSPS) is 16.4. The molecule has 2 aliphatic rings. The molecular weight excluding hydrogens is 817 g/mol. The van der Waals surface area contributed by atoms with Crippen LogP contribution in [0.4, 0.5) is 17.1 Å². The minimum Gasteiger partial charge on any atom is -0.457 e. The number of hydrogen-bond acceptors (Lipinski definition) is 4. The third-order valence-corrected chi connectivity index (χ3v) is 15.7. The highest BCUT2D eigenvalue weighted by molar-refractivity contribution is 6.09. The van der Waals surface area contributed by atoms with Gasteiger partial charge in [0, 0.05) is 47.3 Å². The van der Waals surface area contributed by atoms with Crippen LogP contribution >= 0.6 is 0 Å². The van der Waals surface area contributed by atoms with Crippen LogP contribution in [-0.4, -0.2) is 23.3 Å². The van der Waals surface area contributed by atoms with Crippen LogP contribution in [0.25, 0.3) is 38.8 Å². The third kappa shape index (κ3) is 7.32. The lowest BCUT2D eigenvalue weighted by molar-refractivity contribution is 0.00547. The predicted octanol–water partition coefficient (Wildman–Crippen LogP) is 17.1. The Kier molecular flexibility index (Phi) is 11.1. The van der Waals surface area contributed by atoms with Gasteiger partial charge in [-0.15, -0.1) is 0 Å². The molecule has 5 heteroatoms. The highest BCUT2D eigenvalue weighted by Crippen LogP contribution is 2.64. The van der Waals surface area contributed by atoms with Crippen molar-refractivity contribution in [2.45, 2.75) is 112 Å². The van der Waals surface area contributed by atoms with E-state index >= 15 is 0 Å². The Balaban J connectivity index is 1.15. The first-order chi connectivity index (χ1) is 32.1. The molecule has 342 valence electrons. The topological polar surface area (TPSA) is 33.5 Å². The number of nitrogens with zero attached hydrogens (tertiary/aromatic N) is 4. The number of anilines is 3. The molecule has 0 bridgehead atoms. The van der Waals surface area contributed by atoms with Crippen molar-refractivity contribution in [1.29, 1.82) is 0 Å². The van der Waals surface area contributed by atoms with Crippen LogP contribution in [0.3, 0.4) is 0 Å². The molecule has 1 saturated carbocycles. The average Bonchev–Trinajstić information content (AvgIpc) is 3.82. The van der Waals surface area contributed by atoms with Gasteiger partial charge in [-0.05, 0) is 135 Å². The molecule has 1 aliphatic heterocycles. The number of benzene rings is 6. The van der Waals surface area contributed by atoms with Crippen LogP contribution < -0.4 is 14.5 Å². The van der Waals surface area contributed by atoms with Crippen LogP contribution in [0.1, 0.15) is 134 Å². The van der Waals surface area contributed by atoms with Gasteiger partial charge >= 0.3 is 0 Å². The molecule has 3 heterocycles. The average molecular weight is 885 g/mol. The van der Waals surface area contributed by atoms with Crippen molar-refractivity contribution in [1.82, 2.24) is 9.55 Å². The van der Waals surface area contributed by atoms with Crippen LogP contribution in [0.2, 0.25) is 0 Å². The molecule has 0 unspecified atom stereocenters. The fraction of sp³-hybridized carbons (Fsp3) is 0.339. The maximum Gasteiger partial charge on any atom is 0.137 e. The monoisotopic (exact) mass is 885 g/mol. The Morgan fingerprint density at radius 2 is 1.21 bits per heavy atom. The quantitative estimate of drug-likeness (QED) is 0.137. The molecule has 5 nitrogen and oxygen atoms in total. The van der Waals surface area contributed by atoms with E-state index in [0.29, 0.717) is 17.8 Å². The van der Waals surface area contributed by atoms with Gasteiger partial charge in [0.1, 0.15) is 17.3 Å². The number of rotatable bonds is 10. The van der Waals surface area contributed by atoms with Crippen molar-refractivity contribution < 1.29 is 4.74 Å². The van der Waals surface area contributed by atoms with Crippen molar-refractivity contribution in [3.63, 3.8) is 0 Å². The molecule has 6 aromatic carbocycles. The molecule has 0 amide bonds. The molecular formula is C62H68N4O. The smallest absolute Gasteiger partial charge is 0.137 e. The molecule has 0 atom stereocenters. The first-order valence-electron chi connectivity index (χ1n) is 24.7. The van der Waals surface area contributed by atoms with Gasteiger partial charge in [-0.3, -0.25) is 4.57 Å². The molecule has 10 rings (SSSR count). The Morgan fingerprint density at radius 1 is 0.567 bits per heavy atom. The van der Waals surface area contributed by atoms with Gasteiger partial charge in [0.2, 0.25) is 0 Å². The number of pyridine rings is 1. The number of fused-ring (bicyclic) bond motifs is 4.